The number of benzene rings is 5. The molecule has 6 aromatic rings. The summed E-state index contributed by atoms with van der Waals surface area (Å²) in [5.74, 6) is 0.129. The van der Waals surface area contributed by atoms with E-state index in [1.165, 1.54) is 0 Å². The maximum absolute atomic E-state index is 13.8. The van der Waals surface area contributed by atoms with E-state index in [0.717, 1.165) is 65.4 Å². The number of carbonyl (C=O) groups is 5. The van der Waals surface area contributed by atoms with Gasteiger partial charge in [0, 0.05) is 70.4 Å². The second kappa shape index (κ2) is 19.7. The van der Waals surface area contributed by atoms with E-state index in [0.29, 0.717) is 79.2 Å². The van der Waals surface area contributed by atoms with E-state index >= 15 is 0 Å². The maximum Gasteiger partial charge on any atom is 0.340 e. The molecule has 12 heteroatoms. The van der Waals surface area contributed by atoms with Crippen LogP contribution in [-0.4, -0.2) is 59.8 Å². The predicted octanol–water partition coefficient (Wildman–Crippen LogP) is 9.22. The van der Waals surface area contributed by atoms with E-state index in [2.05, 4.69) is 28.9 Å². The first-order valence-corrected chi connectivity index (χ1v) is 23.8. The summed E-state index contributed by atoms with van der Waals surface area (Å²) in [7, 11) is 0. The van der Waals surface area contributed by atoms with Crippen LogP contribution in [0.25, 0.3) is 10.9 Å². The average Bonchev–Trinajstić information content (AvgIpc) is 3.87. The van der Waals surface area contributed by atoms with Crippen molar-refractivity contribution in [2.75, 3.05) is 24.5 Å². The molecular formula is C55H57N5O7. The first kappa shape index (κ1) is 45.0. The molecule has 0 unspecified atom stereocenters. The summed E-state index contributed by atoms with van der Waals surface area (Å²) in [6, 6.07) is 37.8. The second-order valence-corrected chi connectivity index (χ2v) is 17.7. The summed E-state index contributed by atoms with van der Waals surface area (Å²) >= 11 is 0. The molecule has 2 aliphatic heterocycles. The molecule has 67 heavy (non-hydrogen) atoms. The lowest BCUT2D eigenvalue weighted by atomic mass is 9.77. The van der Waals surface area contributed by atoms with Gasteiger partial charge in [-0.05, 0) is 106 Å². The third-order valence-electron chi connectivity index (χ3n) is 13.6. The number of aromatic nitrogens is 1. The van der Waals surface area contributed by atoms with Gasteiger partial charge in [0.15, 0.2) is 5.60 Å². The van der Waals surface area contributed by atoms with Crippen molar-refractivity contribution in [3.63, 3.8) is 0 Å². The molecule has 3 aliphatic rings. The standard InChI is InChI=1S/C55H57N5O7/c1-3-36-16-15-18-41(32-36)59(4-2)50(61)35-60-46-21-10-7-17-38(46)34-47(60)53(64)58-40-27-24-37(25-28-40)51(62)56-30-13-5-6-14-31-57-52(63)39-26-29-43-42(33-39)54(65)67-55(43)44-19-8-11-22-48(44)66-49-23-12-9-20-45(49)55/h7-12,15-23,26,29,32-34,37,40H,3-6,13-14,24-25,27-28,30-31,35H2,1-2H3,(H,56,62)(H,57,63)(H,58,64). The molecule has 0 saturated heterocycles. The van der Waals surface area contributed by atoms with Gasteiger partial charge in [0.1, 0.15) is 23.7 Å². The number of esters is 1. The number of fused-ring (bicyclic) bond motifs is 7. The minimum atomic E-state index is -1.17. The Morgan fingerprint density at radius 3 is 2.10 bits per heavy atom. The van der Waals surface area contributed by atoms with Crippen LogP contribution >= 0.6 is 0 Å². The van der Waals surface area contributed by atoms with Crippen molar-refractivity contribution >= 4 is 46.2 Å². The Bertz CT molecular complexity index is 2800. The SMILES string of the molecule is CCc1cccc(N(CC)C(=O)Cn2c(C(=O)NC3CCC(C(=O)NCCCCCCNC(=O)c4ccc5c(c4)C(=O)OC54c5ccccc5Oc5ccccc54)CC3)cc3ccccc32)c1. The van der Waals surface area contributed by atoms with Crippen molar-refractivity contribution in [3.05, 3.63) is 160 Å². The Morgan fingerprint density at radius 2 is 1.39 bits per heavy atom. The number of amides is 4. The lowest BCUT2D eigenvalue weighted by Crippen LogP contribution is -2.42. The zero-order valence-electron chi connectivity index (χ0n) is 38.1. The second-order valence-electron chi connectivity index (χ2n) is 17.7. The highest BCUT2D eigenvalue weighted by Crippen LogP contribution is 2.56. The van der Waals surface area contributed by atoms with Crippen LogP contribution in [0.1, 0.15) is 119 Å². The fourth-order valence-electron chi connectivity index (χ4n) is 10.0. The van der Waals surface area contributed by atoms with Crippen molar-refractivity contribution < 1.29 is 33.4 Å². The number of anilines is 1. The number of para-hydroxylation sites is 3. The highest BCUT2D eigenvalue weighted by molar-refractivity contribution is 6.02. The first-order chi connectivity index (χ1) is 32.7. The van der Waals surface area contributed by atoms with Crippen LogP contribution in [-0.2, 0) is 32.9 Å². The first-order valence-electron chi connectivity index (χ1n) is 23.8. The topological polar surface area (TPSA) is 148 Å². The summed E-state index contributed by atoms with van der Waals surface area (Å²) in [5.41, 5.74) is 5.02. The minimum absolute atomic E-state index is 0.0329. The highest BCUT2D eigenvalue weighted by Gasteiger charge is 2.53. The predicted molar refractivity (Wildman–Crippen MR) is 258 cm³/mol. The van der Waals surface area contributed by atoms with Crippen LogP contribution in [0.5, 0.6) is 11.5 Å². The summed E-state index contributed by atoms with van der Waals surface area (Å²) in [6.07, 6.45) is 7.03. The number of ether oxygens (including phenoxy) is 2. The van der Waals surface area contributed by atoms with Crippen molar-refractivity contribution in [1.29, 1.82) is 0 Å². The third-order valence-corrected chi connectivity index (χ3v) is 13.6. The van der Waals surface area contributed by atoms with E-state index in [4.69, 9.17) is 9.47 Å². The lowest BCUT2D eigenvalue weighted by molar-refractivity contribution is -0.126. The zero-order chi connectivity index (χ0) is 46.5. The van der Waals surface area contributed by atoms with Gasteiger partial charge in [-0.1, -0.05) is 92.6 Å². The number of aryl methyl sites for hydroxylation is 1. The Balaban J connectivity index is 0.700. The third kappa shape index (κ3) is 9.04. The maximum atomic E-state index is 13.8. The molecule has 1 fully saturated rings. The number of nitrogens with zero attached hydrogens (tertiary/aromatic N) is 2. The summed E-state index contributed by atoms with van der Waals surface area (Å²) < 4.78 is 14.2. The van der Waals surface area contributed by atoms with E-state index in [1.54, 1.807) is 17.0 Å². The van der Waals surface area contributed by atoms with Gasteiger partial charge in [-0.25, -0.2) is 4.79 Å². The average molecular weight is 900 g/mol. The van der Waals surface area contributed by atoms with E-state index in [-0.39, 0.29) is 42.1 Å². The van der Waals surface area contributed by atoms with Gasteiger partial charge in [-0.15, -0.1) is 0 Å². The Kier molecular flexibility index (Phi) is 13.2. The molecule has 1 saturated carbocycles. The molecule has 4 amide bonds. The van der Waals surface area contributed by atoms with Crippen LogP contribution in [0.15, 0.2) is 121 Å². The van der Waals surface area contributed by atoms with Crippen LogP contribution in [0, 0.1) is 5.92 Å². The van der Waals surface area contributed by atoms with Gasteiger partial charge >= 0.3 is 5.97 Å². The fourth-order valence-corrected chi connectivity index (χ4v) is 10.0. The van der Waals surface area contributed by atoms with Gasteiger partial charge in [0.2, 0.25) is 11.8 Å². The molecule has 0 bridgehead atoms. The van der Waals surface area contributed by atoms with Gasteiger partial charge in [-0.2, -0.15) is 0 Å². The van der Waals surface area contributed by atoms with Crippen LogP contribution in [0.2, 0.25) is 0 Å². The monoisotopic (exact) mass is 899 g/mol. The summed E-state index contributed by atoms with van der Waals surface area (Å²) in [4.78, 5) is 69.2. The van der Waals surface area contributed by atoms with Crippen molar-refractivity contribution in [2.24, 2.45) is 5.92 Å². The van der Waals surface area contributed by atoms with E-state index in [9.17, 15) is 24.0 Å². The van der Waals surface area contributed by atoms with Gasteiger partial charge in [0.25, 0.3) is 11.8 Å². The van der Waals surface area contributed by atoms with Crippen LogP contribution in [0.3, 0.4) is 0 Å². The minimum Gasteiger partial charge on any atom is -0.456 e. The van der Waals surface area contributed by atoms with Crippen molar-refractivity contribution in [1.82, 2.24) is 20.5 Å². The molecular weight excluding hydrogens is 843 g/mol. The van der Waals surface area contributed by atoms with Crippen LogP contribution < -0.4 is 25.6 Å². The largest absolute Gasteiger partial charge is 0.456 e. The molecule has 3 heterocycles. The Morgan fingerprint density at radius 1 is 0.701 bits per heavy atom. The summed E-state index contributed by atoms with van der Waals surface area (Å²) in [6.45, 7) is 5.66. The smallest absolute Gasteiger partial charge is 0.340 e. The molecule has 9 rings (SSSR count). The number of likely N-dealkylation sites (N-methyl/N-ethyl adjacent to an activating group) is 1. The van der Waals surface area contributed by atoms with Crippen molar-refractivity contribution in [2.45, 2.75) is 89.8 Å². The number of nitrogens with one attached hydrogen (secondary N) is 3. The number of hydrogen-bond acceptors (Lipinski definition) is 7. The molecule has 1 aliphatic carbocycles. The van der Waals surface area contributed by atoms with Gasteiger partial charge in [-0.3, -0.25) is 19.2 Å². The number of carbonyl (C=O) groups excluding carboxylic acids is 5. The molecule has 12 nitrogen and oxygen atoms in total. The molecule has 5 aromatic carbocycles. The molecule has 3 N–H and O–H groups in total. The Hall–Kier alpha value is -7.21. The molecule has 0 atom stereocenters. The number of rotatable bonds is 16. The molecule has 1 aromatic heterocycles. The Labute approximate surface area is 391 Å². The van der Waals surface area contributed by atoms with Gasteiger partial charge < -0.3 is 34.9 Å². The quantitative estimate of drug-likeness (QED) is 0.0648. The lowest BCUT2D eigenvalue weighted by Gasteiger charge is -2.36. The molecule has 0 radical (unpaired) electrons. The summed E-state index contributed by atoms with van der Waals surface area (Å²) in [5, 5.41) is 10.2. The highest BCUT2D eigenvalue weighted by atomic mass is 16.6. The fraction of sp³-hybridized carbons (Fsp3) is 0.327. The molecule has 1 spiro atoms. The number of hydrogen-bond donors (Lipinski definition) is 3. The van der Waals surface area contributed by atoms with Gasteiger partial charge in [0.05, 0.1) is 5.56 Å². The van der Waals surface area contributed by atoms with E-state index < -0.39 is 11.6 Å². The van der Waals surface area contributed by atoms with E-state index in [1.807, 2.05) is 115 Å². The number of unbranched alkanes of at least 4 members (excludes halogenated alkanes) is 3. The normalized spacial score (nSPS) is 16.5. The van der Waals surface area contributed by atoms with Crippen molar-refractivity contribution in [3.8, 4) is 11.5 Å². The van der Waals surface area contributed by atoms with Crippen LogP contribution in [0.4, 0.5) is 5.69 Å². The zero-order valence-corrected chi connectivity index (χ0v) is 38.1. The molecule has 344 valence electrons.